The van der Waals surface area contributed by atoms with Crippen molar-refractivity contribution in [3.63, 3.8) is 0 Å². The first-order valence-corrected chi connectivity index (χ1v) is 13.7. The molecule has 0 aliphatic heterocycles. The highest BCUT2D eigenvalue weighted by molar-refractivity contribution is 7.92. The van der Waals surface area contributed by atoms with Gasteiger partial charge in [0.1, 0.15) is 17.2 Å². The predicted octanol–water partition coefficient (Wildman–Crippen LogP) is 5.79. The van der Waals surface area contributed by atoms with Crippen LogP contribution >= 0.6 is 0 Å². The van der Waals surface area contributed by atoms with Crippen molar-refractivity contribution in [1.82, 2.24) is 9.97 Å². The summed E-state index contributed by atoms with van der Waals surface area (Å²) in [6.07, 6.45) is 0. The number of rotatable bonds is 9. The van der Waals surface area contributed by atoms with E-state index < -0.39 is 15.9 Å². The fourth-order valence-corrected chi connectivity index (χ4v) is 5.00. The molecular formula is C30H29N5O6S. The third-order valence-electron chi connectivity index (χ3n) is 5.95. The Morgan fingerprint density at radius 1 is 0.762 bits per heavy atom. The molecule has 0 bridgehead atoms. The van der Waals surface area contributed by atoms with Gasteiger partial charge in [-0.2, -0.15) is 0 Å². The molecule has 0 unspecified atom stereocenters. The number of aromatic hydroxyl groups is 1. The second-order valence-corrected chi connectivity index (χ2v) is 10.5. The maximum atomic E-state index is 13.5. The number of hydrogen-bond acceptors (Lipinski definition) is 9. The SMILES string of the molecule is C.COc1ccc(C(=O)Nc2cccc(S(=O)(=O)Nc3nc4ccccc4nc3Nc3cc(O)cc(OC)c3)c2)cc1. The molecule has 42 heavy (non-hydrogen) atoms. The smallest absolute Gasteiger partial charge is 0.263 e. The molecule has 0 saturated carbocycles. The zero-order valence-electron chi connectivity index (χ0n) is 22.0. The minimum atomic E-state index is -4.18. The number of hydrogen-bond donors (Lipinski definition) is 4. The van der Waals surface area contributed by atoms with Gasteiger partial charge in [-0.25, -0.2) is 18.4 Å². The van der Waals surface area contributed by atoms with Crippen LogP contribution in [0.15, 0.2) is 95.9 Å². The van der Waals surface area contributed by atoms with Gasteiger partial charge in [0.15, 0.2) is 11.6 Å². The third kappa shape index (κ3) is 6.67. The molecule has 0 aliphatic rings. The van der Waals surface area contributed by atoms with Crippen LogP contribution in [0.5, 0.6) is 17.2 Å². The highest BCUT2D eigenvalue weighted by Gasteiger charge is 2.20. The molecule has 0 fully saturated rings. The van der Waals surface area contributed by atoms with Gasteiger partial charge in [0, 0.05) is 35.1 Å². The van der Waals surface area contributed by atoms with Gasteiger partial charge in [0.2, 0.25) is 0 Å². The van der Waals surface area contributed by atoms with E-state index in [2.05, 4.69) is 25.3 Å². The molecule has 0 atom stereocenters. The number of nitrogens with one attached hydrogen (secondary N) is 3. The molecule has 0 spiro atoms. The van der Waals surface area contributed by atoms with Crippen LogP contribution < -0.4 is 24.8 Å². The van der Waals surface area contributed by atoms with Crippen molar-refractivity contribution in [2.24, 2.45) is 0 Å². The summed E-state index contributed by atoms with van der Waals surface area (Å²) in [7, 11) is -1.20. The molecule has 5 rings (SSSR count). The Morgan fingerprint density at radius 3 is 2.10 bits per heavy atom. The summed E-state index contributed by atoms with van der Waals surface area (Å²) in [5.74, 6) is 0.550. The van der Waals surface area contributed by atoms with Gasteiger partial charge in [-0.1, -0.05) is 25.6 Å². The number of fused-ring (bicyclic) bond motifs is 1. The molecule has 0 radical (unpaired) electrons. The first kappa shape index (κ1) is 29.6. The summed E-state index contributed by atoms with van der Waals surface area (Å²) in [6, 6.07) is 23.8. The Hall–Kier alpha value is -5.36. The number of aromatic nitrogens is 2. The van der Waals surface area contributed by atoms with E-state index >= 15 is 0 Å². The van der Waals surface area contributed by atoms with Crippen molar-refractivity contribution in [2.45, 2.75) is 12.3 Å². The average molecular weight is 588 g/mol. The highest BCUT2D eigenvalue weighted by atomic mass is 32.2. The largest absolute Gasteiger partial charge is 0.508 e. The van der Waals surface area contributed by atoms with Crippen LogP contribution in [0.2, 0.25) is 0 Å². The average Bonchev–Trinajstić information content (AvgIpc) is 2.97. The van der Waals surface area contributed by atoms with Crippen LogP contribution in [0.3, 0.4) is 0 Å². The summed E-state index contributed by atoms with van der Waals surface area (Å²) in [6.45, 7) is 0. The highest BCUT2D eigenvalue weighted by Crippen LogP contribution is 2.31. The van der Waals surface area contributed by atoms with Crippen LogP contribution in [0.1, 0.15) is 17.8 Å². The molecule has 1 amide bonds. The van der Waals surface area contributed by atoms with Crippen molar-refractivity contribution >= 4 is 50.0 Å². The lowest BCUT2D eigenvalue weighted by Crippen LogP contribution is -2.17. The number of para-hydroxylation sites is 2. The second-order valence-electron chi connectivity index (χ2n) is 8.77. The summed E-state index contributed by atoms with van der Waals surface area (Å²) in [5, 5.41) is 15.8. The van der Waals surface area contributed by atoms with E-state index in [4.69, 9.17) is 9.47 Å². The van der Waals surface area contributed by atoms with Crippen LogP contribution in [-0.2, 0) is 10.0 Å². The van der Waals surface area contributed by atoms with Gasteiger partial charge in [-0.05, 0) is 54.6 Å². The number of carbonyl (C=O) groups is 1. The number of ether oxygens (including phenoxy) is 2. The molecular weight excluding hydrogens is 558 g/mol. The van der Waals surface area contributed by atoms with Crippen LogP contribution in [0, 0.1) is 0 Å². The number of benzene rings is 4. The minimum Gasteiger partial charge on any atom is -0.508 e. The Balaban J connectivity index is 0.00000405. The van der Waals surface area contributed by atoms with Crippen LogP contribution in [0.4, 0.5) is 23.0 Å². The van der Waals surface area contributed by atoms with E-state index in [1.807, 2.05) is 0 Å². The lowest BCUT2D eigenvalue weighted by atomic mass is 10.2. The van der Waals surface area contributed by atoms with Crippen LogP contribution in [-0.4, -0.2) is 43.6 Å². The zero-order valence-corrected chi connectivity index (χ0v) is 22.8. The van der Waals surface area contributed by atoms with E-state index in [9.17, 15) is 18.3 Å². The van der Waals surface area contributed by atoms with E-state index in [-0.39, 0.29) is 35.4 Å². The first-order chi connectivity index (χ1) is 19.7. The minimum absolute atomic E-state index is 0. The van der Waals surface area contributed by atoms with E-state index in [1.165, 1.54) is 44.6 Å². The fourth-order valence-electron chi connectivity index (χ4n) is 3.94. The molecule has 12 heteroatoms. The molecule has 1 heterocycles. The maximum Gasteiger partial charge on any atom is 0.263 e. The van der Waals surface area contributed by atoms with Crippen molar-refractivity contribution in [3.05, 3.63) is 96.6 Å². The van der Waals surface area contributed by atoms with Gasteiger partial charge in [0.25, 0.3) is 15.9 Å². The monoisotopic (exact) mass is 587 g/mol. The quantitative estimate of drug-likeness (QED) is 0.168. The lowest BCUT2D eigenvalue weighted by Gasteiger charge is -2.15. The standard InChI is InChI=1S/C29H25N5O6S.CH4/c1-39-22-12-10-18(11-13-22)29(36)31-19-6-5-7-24(16-19)41(37,38)34-28-27(32-25-8-3-4-9-26(25)33-28)30-20-14-21(35)17-23(15-20)40-2;/h3-17,35H,1-2H3,(H,30,32)(H,31,36)(H,33,34);1H4. The van der Waals surface area contributed by atoms with Gasteiger partial charge in [0.05, 0.1) is 30.1 Å². The Kier molecular flexibility index (Phi) is 8.77. The van der Waals surface area contributed by atoms with E-state index in [0.717, 1.165) is 0 Å². The number of phenolic OH excluding ortho intramolecular Hbond substituents is 1. The maximum absolute atomic E-state index is 13.5. The Bertz CT molecular complexity index is 1850. The number of phenols is 1. The summed E-state index contributed by atoms with van der Waals surface area (Å²) in [5.41, 5.74) is 2.04. The van der Waals surface area contributed by atoms with Gasteiger partial charge >= 0.3 is 0 Å². The lowest BCUT2D eigenvalue weighted by molar-refractivity contribution is 0.102. The van der Waals surface area contributed by atoms with Crippen molar-refractivity contribution < 1.29 is 27.8 Å². The van der Waals surface area contributed by atoms with Gasteiger partial charge < -0.3 is 25.2 Å². The molecule has 5 aromatic rings. The van der Waals surface area contributed by atoms with Crippen LogP contribution in [0.25, 0.3) is 11.0 Å². The summed E-state index contributed by atoms with van der Waals surface area (Å²) in [4.78, 5) is 21.6. The number of nitrogens with zero attached hydrogens (tertiary/aromatic N) is 2. The molecule has 11 nitrogen and oxygen atoms in total. The molecule has 0 saturated heterocycles. The van der Waals surface area contributed by atoms with E-state index in [0.29, 0.717) is 33.8 Å². The number of sulfonamides is 1. The van der Waals surface area contributed by atoms with Crippen molar-refractivity contribution in [3.8, 4) is 17.2 Å². The normalized spacial score (nSPS) is 10.8. The summed E-state index contributed by atoms with van der Waals surface area (Å²) >= 11 is 0. The Morgan fingerprint density at radius 2 is 1.43 bits per heavy atom. The Labute approximate surface area is 243 Å². The van der Waals surface area contributed by atoms with Gasteiger partial charge in [-0.3, -0.25) is 9.52 Å². The number of methoxy groups -OCH3 is 2. The molecule has 4 N–H and O–H groups in total. The zero-order chi connectivity index (χ0) is 29.0. The number of carbonyl (C=O) groups excluding carboxylic acids is 1. The molecule has 1 aromatic heterocycles. The van der Waals surface area contributed by atoms with E-state index in [1.54, 1.807) is 60.7 Å². The topological polar surface area (TPSA) is 152 Å². The first-order valence-electron chi connectivity index (χ1n) is 12.2. The summed E-state index contributed by atoms with van der Waals surface area (Å²) < 4.78 is 39.8. The molecule has 4 aromatic carbocycles. The van der Waals surface area contributed by atoms with Crippen molar-refractivity contribution in [1.29, 1.82) is 0 Å². The molecule has 216 valence electrons. The van der Waals surface area contributed by atoms with Gasteiger partial charge in [-0.15, -0.1) is 0 Å². The third-order valence-corrected chi connectivity index (χ3v) is 7.28. The predicted molar refractivity (Wildman–Crippen MR) is 162 cm³/mol. The number of amides is 1. The van der Waals surface area contributed by atoms with Crippen molar-refractivity contribution in [2.75, 3.05) is 29.6 Å². The second kappa shape index (κ2) is 12.4. The molecule has 0 aliphatic carbocycles. The number of anilines is 4. The fraction of sp³-hybridized carbons (Fsp3) is 0.100.